The van der Waals surface area contributed by atoms with Crippen LogP contribution in [-0.2, 0) is 4.79 Å². The highest BCUT2D eigenvalue weighted by Gasteiger charge is 2.28. The van der Waals surface area contributed by atoms with E-state index in [2.05, 4.69) is 15.1 Å². The molecule has 1 aromatic carbocycles. The Labute approximate surface area is 198 Å². The highest BCUT2D eigenvalue weighted by Crippen LogP contribution is 2.20. The van der Waals surface area contributed by atoms with Crippen LogP contribution < -0.4 is 4.90 Å². The molecule has 2 aromatic heterocycles. The molecular formula is C25H29N5O2S. The molecule has 33 heavy (non-hydrogen) atoms. The molecule has 8 heteroatoms. The Kier molecular flexibility index (Phi) is 7.34. The predicted molar refractivity (Wildman–Crippen MR) is 131 cm³/mol. The predicted octanol–water partition coefficient (Wildman–Crippen LogP) is 3.79. The summed E-state index contributed by atoms with van der Waals surface area (Å²) in [6, 6.07) is 17.6. The van der Waals surface area contributed by atoms with Crippen molar-refractivity contribution in [3.8, 4) is 11.3 Å². The molecule has 7 nitrogen and oxygen atoms in total. The first-order valence-electron chi connectivity index (χ1n) is 11.3. The normalized spacial score (nSPS) is 14.7. The molecule has 1 aliphatic rings. The SMILES string of the molecule is CC[C@@H](C)N(CC(=O)N1CCN(c2ccc(-c3ccccc3)nn2)CC1)C(=O)c1cccs1. The molecule has 1 atom stereocenters. The molecule has 0 saturated carbocycles. The monoisotopic (exact) mass is 463 g/mol. The molecule has 2 amide bonds. The van der Waals surface area contributed by atoms with Crippen LogP contribution in [0.3, 0.4) is 0 Å². The standard InChI is InChI=1S/C25H29N5O2S/c1-3-19(2)30(25(32)22-10-7-17-33-22)18-24(31)29-15-13-28(14-16-29)23-12-11-21(26-27-23)20-8-5-4-6-9-20/h4-12,17,19H,3,13-16,18H2,1-2H3/t19-/m1/s1. The van der Waals surface area contributed by atoms with Crippen molar-refractivity contribution in [1.29, 1.82) is 0 Å². The van der Waals surface area contributed by atoms with Crippen LogP contribution in [0.25, 0.3) is 11.3 Å². The number of rotatable bonds is 7. The van der Waals surface area contributed by atoms with E-state index in [0.29, 0.717) is 31.1 Å². The fraction of sp³-hybridized carbons (Fsp3) is 0.360. The Morgan fingerprint density at radius 3 is 2.36 bits per heavy atom. The number of piperazine rings is 1. The molecule has 0 spiro atoms. The summed E-state index contributed by atoms with van der Waals surface area (Å²) in [7, 11) is 0. The molecule has 3 aromatic rings. The number of benzene rings is 1. The average Bonchev–Trinajstić information content (AvgIpc) is 3.42. The number of carbonyl (C=O) groups excluding carboxylic acids is 2. The van der Waals surface area contributed by atoms with Crippen molar-refractivity contribution in [2.75, 3.05) is 37.6 Å². The summed E-state index contributed by atoms with van der Waals surface area (Å²) in [6.07, 6.45) is 0.801. The largest absolute Gasteiger partial charge is 0.352 e. The van der Waals surface area contributed by atoms with Gasteiger partial charge in [-0.3, -0.25) is 9.59 Å². The number of amides is 2. The highest BCUT2D eigenvalue weighted by atomic mass is 32.1. The van der Waals surface area contributed by atoms with E-state index in [0.717, 1.165) is 23.5 Å². The molecule has 3 heterocycles. The third-order valence-corrected chi connectivity index (χ3v) is 6.96. The van der Waals surface area contributed by atoms with E-state index >= 15 is 0 Å². The van der Waals surface area contributed by atoms with Crippen LogP contribution in [0.5, 0.6) is 0 Å². The van der Waals surface area contributed by atoms with E-state index in [1.807, 2.05) is 78.7 Å². The van der Waals surface area contributed by atoms with Gasteiger partial charge < -0.3 is 14.7 Å². The number of aromatic nitrogens is 2. The lowest BCUT2D eigenvalue weighted by atomic mass is 10.1. The van der Waals surface area contributed by atoms with Gasteiger partial charge in [0.05, 0.1) is 10.6 Å². The number of hydrogen-bond donors (Lipinski definition) is 0. The van der Waals surface area contributed by atoms with Gasteiger partial charge in [-0.15, -0.1) is 21.5 Å². The minimum atomic E-state index is -0.0693. The maximum absolute atomic E-state index is 13.0. The van der Waals surface area contributed by atoms with Crippen LogP contribution >= 0.6 is 11.3 Å². The molecule has 0 unspecified atom stereocenters. The third-order valence-electron chi connectivity index (χ3n) is 6.10. The summed E-state index contributed by atoms with van der Waals surface area (Å²) in [4.78, 5) is 32.3. The first-order valence-corrected chi connectivity index (χ1v) is 12.2. The topological polar surface area (TPSA) is 69.6 Å². The lowest BCUT2D eigenvalue weighted by molar-refractivity contribution is -0.132. The van der Waals surface area contributed by atoms with Crippen LogP contribution in [0.1, 0.15) is 29.9 Å². The fourth-order valence-corrected chi connectivity index (χ4v) is 4.56. The molecule has 1 aliphatic heterocycles. The zero-order chi connectivity index (χ0) is 23.2. The molecule has 0 aliphatic carbocycles. The van der Waals surface area contributed by atoms with Crippen molar-refractivity contribution >= 4 is 29.0 Å². The third kappa shape index (κ3) is 5.39. The van der Waals surface area contributed by atoms with Gasteiger partial charge in [0.2, 0.25) is 5.91 Å². The summed E-state index contributed by atoms with van der Waals surface area (Å²) < 4.78 is 0. The Balaban J connectivity index is 1.35. The Morgan fingerprint density at radius 1 is 1.00 bits per heavy atom. The van der Waals surface area contributed by atoms with E-state index in [1.165, 1.54) is 11.3 Å². The number of nitrogens with zero attached hydrogens (tertiary/aromatic N) is 5. The van der Waals surface area contributed by atoms with Gasteiger partial charge in [0.15, 0.2) is 5.82 Å². The molecule has 1 fully saturated rings. The molecule has 0 N–H and O–H groups in total. The lowest BCUT2D eigenvalue weighted by Gasteiger charge is -2.37. The average molecular weight is 464 g/mol. The molecule has 4 rings (SSSR count). The van der Waals surface area contributed by atoms with Gasteiger partial charge in [-0.1, -0.05) is 43.3 Å². The van der Waals surface area contributed by atoms with Gasteiger partial charge in [0.25, 0.3) is 5.91 Å². The zero-order valence-electron chi connectivity index (χ0n) is 19.1. The summed E-state index contributed by atoms with van der Waals surface area (Å²) in [5.41, 5.74) is 1.88. The second kappa shape index (κ2) is 10.6. The Bertz CT molecular complexity index is 1050. The van der Waals surface area contributed by atoms with Crippen molar-refractivity contribution in [1.82, 2.24) is 20.0 Å². The van der Waals surface area contributed by atoms with E-state index in [-0.39, 0.29) is 24.4 Å². The second-order valence-corrected chi connectivity index (χ2v) is 9.13. The van der Waals surface area contributed by atoms with E-state index in [4.69, 9.17) is 0 Å². The first-order chi connectivity index (χ1) is 16.1. The van der Waals surface area contributed by atoms with Crippen molar-refractivity contribution in [3.63, 3.8) is 0 Å². The number of thiophene rings is 1. The lowest BCUT2D eigenvalue weighted by Crippen LogP contribution is -2.53. The van der Waals surface area contributed by atoms with Crippen molar-refractivity contribution in [2.24, 2.45) is 0 Å². The summed E-state index contributed by atoms with van der Waals surface area (Å²) >= 11 is 1.41. The van der Waals surface area contributed by atoms with Crippen LogP contribution in [0.15, 0.2) is 60.0 Å². The zero-order valence-corrected chi connectivity index (χ0v) is 19.9. The Morgan fingerprint density at radius 2 is 1.76 bits per heavy atom. The second-order valence-electron chi connectivity index (χ2n) is 8.18. The van der Waals surface area contributed by atoms with Gasteiger partial charge in [-0.25, -0.2) is 0 Å². The maximum Gasteiger partial charge on any atom is 0.264 e. The van der Waals surface area contributed by atoms with Gasteiger partial charge in [0, 0.05) is 37.8 Å². The van der Waals surface area contributed by atoms with Crippen molar-refractivity contribution < 1.29 is 9.59 Å². The molecule has 0 bridgehead atoms. The smallest absolute Gasteiger partial charge is 0.264 e. The van der Waals surface area contributed by atoms with E-state index < -0.39 is 0 Å². The van der Waals surface area contributed by atoms with Crippen molar-refractivity contribution in [3.05, 3.63) is 64.9 Å². The molecule has 1 saturated heterocycles. The Hall–Kier alpha value is -3.26. The quantitative estimate of drug-likeness (QED) is 0.533. The number of anilines is 1. The van der Waals surface area contributed by atoms with Gasteiger partial charge >= 0.3 is 0 Å². The van der Waals surface area contributed by atoms with Crippen LogP contribution in [0.2, 0.25) is 0 Å². The molecular weight excluding hydrogens is 434 g/mol. The summed E-state index contributed by atoms with van der Waals surface area (Å²) in [5, 5.41) is 10.7. The maximum atomic E-state index is 13.0. The van der Waals surface area contributed by atoms with E-state index in [9.17, 15) is 9.59 Å². The highest BCUT2D eigenvalue weighted by molar-refractivity contribution is 7.12. The van der Waals surface area contributed by atoms with Gasteiger partial charge in [-0.2, -0.15) is 0 Å². The van der Waals surface area contributed by atoms with Crippen LogP contribution in [0.4, 0.5) is 5.82 Å². The fourth-order valence-electron chi connectivity index (χ4n) is 3.88. The number of carbonyl (C=O) groups is 2. The molecule has 0 radical (unpaired) electrons. The number of hydrogen-bond acceptors (Lipinski definition) is 6. The van der Waals surface area contributed by atoms with Crippen LogP contribution in [-0.4, -0.2) is 70.6 Å². The minimum absolute atomic E-state index is 0.00300. The minimum Gasteiger partial charge on any atom is -0.352 e. The van der Waals surface area contributed by atoms with Crippen molar-refractivity contribution in [2.45, 2.75) is 26.3 Å². The van der Waals surface area contributed by atoms with Crippen LogP contribution in [0, 0.1) is 0 Å². The van der Waals surface area contributed by atoms with E-state index in [1.54, 1.807) is 4.90 Å². The molecule has 172 valence electrons. The summed E-state index contributed by atoms with van der Waals surface area (Å²) in [5.74, 6) is 0.737. The summed E-state index contributed by atoms with van der Waals surface area (Å²) in [6.45, 7) is 6.71. The van der Waals surface area contributed by atoms with Gasteiger partial charge in [0.1, 0.15) is 6.54 Å². The van der Waals surface area contributed by atoms with Gasteiger partial charge in [-0.05, 0) is 36.9 Å². The first kappa shape index (κ1) is 22.9.